The van der Waals surface area contributed by atoms with Crippen molar-refractivity contribution < 1.29 is 24.3 Å². The molecule has 1 aliphatic heterocycles. The van der Waals surface area contributed by atoms with Crippen LogP contribution in [0, 0.1) is 5.92 Å². The van der Waals surface area contributed by atoms with Crippen LogP contribution in [0.15, 0.2) is 30.3 Å². The maximum absolute atomic E-state index is 12.8. The van der Waals surface area contributed by atoms with Crippen LogP contribution in [-0.4, -0.2) is 60.0 Å². The van der Waals surface area contributed by atoms with Gasteiger partial charge in [0.1, 0.15) is 12.1 Å². The molecule has 1 aromatic carbocycles. The van der Waals surface area contributed by atoms with Crippen LogP contribution in [0.25, 0.3) is 0 Å². The molecule has 0 radical (unpaired) electrons. The second kappa shape index (κ2) is 12.0. The monoisotopic (exact) mass is 432 g/mol. The van der Waals surface area contributed by atoms with E-state index >= 15 is 0 Å². The van der Waals surface area contributed by atoms with Gasteiger partial charge < -0.3 is 26.4 Å². The first kappa shape index (κ1) is 24.3. The molecule has 31 heavy (non-hydrogen) atoms. The van der Waals surface area contributed by atoms with Gasteiger partial charge in [0.05, 0.1) is 12.6 Å². The zero-order chi connectivity index (χ0) is 22.8. The highest BCUT2D eigenvalue weighted by Gasteiger charge is 2.30. The normalized spacial score (nSPS) is 18.5. The fraction of sp³-hybridized carbons (Fsp3) is 0.545. The summed E-state index contributed by atoms with van der Waals surface area (Å²) >= 11 is 0. The molecule has 170 valence electrons. The quantitative estimate of drug-likeness (QED) is 0.339. The SMILES string of the molecule is CCC(C)C(NC(=O)CNC(=O)C1CCCN1)C(=O)NC(Cc1ccccc1)C(=O)O. The van der Waals surface area contributed by atoms with Crippen molar-refractivity contribution >= 4 is 23.7 Å². The molecular weight excluding hydrogens is 400 g/mol. The van der Waals surface area contributed by atoms with Crippen molar-refractivity contribution in [3.05, 3.63) is 35.9 Å². The van der Waals surface area contributed by atoms with Gasteiger partial charge >= 0.3 is 5.97 Å². The van der Waals surface area contributed by atoms with Gasteiger partial charge in [0.15, 0.2) is 0 Å². The van der Waals surface area contributed by atoms with Gasteiger partial charge in [-0.3, -0.25) is 14.4 Å². The van der Waals surface area contributed by atoms with Crippen molar-refractivity contribution in [1.29, 1.82) is 0 Å². The summed E-state index contributed by atoms with van der Waals surface area (Å²) in [6, 6.07) is 6.68. The number of carbonyl (C=O) groups excluding carboxylic acids is 3. The van der Waals surface area contributed by atoms with E-state index in [-0.39, 0.29) is 30.8 Å². The Balaban J connectivity index is 1.95. The smallest absolute Gasteiger partial charge is 0.326 e. The van der Waals surface area contributed by atoms with Crippen molar-refractivity contribution in [3.8, 4) is 0 Å². The Morgan fingerprint density at radius 3 is 2.45 bits per heavy atom. The van der Waals surface area contributed by atoms with Crippen molar-refractivity contribution in [3.63, 3.8) is 0 Å². The van der Waals surface area contributed by atoms with Crippen LogP contribution in [0.2, 0.25) is 0 Å². The fourth-order valence-corrected chi connectivity index (χ4v) is 3.44. The minimum atomic E-state index is -1.15. The first-order chi connectivity index (χ1) is 14.8. The van der Waals surface area contributed by atoms with Gasteiger partial charge in [-0.1, -0.05) is 50.6 Å². The number of hydrogen-bond acceptors (Lipinski definition) is 5. The summed E-state index contributed by atoms with van der Waals surface area (Å²) in [5.74, 6) is -2.67. The Labute approximate surface area is 182 Å². The number of rotatable bonds is 11. The topological polar surface area (TPSA) is 137 Å². The van der Waals surface area contributed by atoms with Gasteiger partial charge in [0, 0.05) is 6.42 Å². The largest absolute Gasteiger partial charge is 0.480 e. The number of benzene rings is 1. The van der Waals surface area contributed by atoms with E-state index in [4.69, 9.17) is 0 Å². The van der Waals surface area contributed by atoms with E-state index in [2.05, 4.69) is 21.3 Å². The molecule has 0 spiro atoms. The van der Waals surface area contributed by atoms with Crippen LogP contribution in [0.5, 0.6) is 0 Å². The predicted octanol–water partition coefficient (Wildman–Crippen LogP) is 0.198. The molecule has 9 heteroatoms. The maximum atomic E-state index is 12.8. The summed E-state index contributed by atoms with van der Waals surface area (Å²) in [6.07, 6.45) is 2.37. The average Bonchev–Trinajstić information content (AvgIpc) is 3.30. The molecule has 1 heterocycles. The number of aliphatic carboxylic acids is 1. The van der Waals surface area contributed by atoms with Gasteiger partial charge in [-0.2, -0.15) is 0 Å². The summed E-state index contributed by atoms with van der Waals surface area (Å²) < 4.78 is 0. The molecule has 0 saturated carbocycles. The number of hydrogen-bond donors (Lipinski definition) is 5. The fourth-order valence-electron chi connectivity index (χ4n) is 3.44. The molecule has 1 aliphatic rings. The lowest BCUT2D eigenvalue weighted by atomic mass is 9.97. The lowest BCUT2D eigenvalue weighted by Crippen LogP contribution is -2.56. The summed E-state index contributed by atoms with van der Waals surface area (Å²) in [4.78, 5) is 48.9. The summed E-state index contributed by atoms with van der Waals surface area (Å²) in [6.45, 7) is 4.21. The summed E-state index contributed by atoms with van der Waals surface area (Å²) in [5, 5.41) is 20.4. The lowest BCUT2D eigenvalue weighted by molar-refractivity contribution is -0.142. The molecule has 4 unspecified atom stereocenters. The highest BCUT2D eigenvalue weighted by atomic mass is 16.4. The Morgan fingerprint density at radius 2 is 1.87 bits per heavy atom. The lowest BCUT2D eigenvalue weighted by Gasteiger charge is -2.25. The third-order valence-corrected chi connectivity index (χ3v) is 5.51. The van der Waals surface area contributed by atoms with E-state index in [0.717, 1.165) is 24.9 Å². The zero-order valence-corrected chi connectivity index (χ0v) is 18.0. The maximum Gasteiger partial charge on any atom is 0.326 e. The molecule has 2 rings (SSSR count). The van der Waals surface area contributed by atoms with Crippen LogP contribution in [0.1, 0.15) is 38.7 Å². The average molecular weight is 433 g/mol. The molecule has 4 atom stereocenters. The Hall–Kier alpha value is -2.94. The van der Waals surface area contributed by atoms with E-state index in [1.54, 1.807) is 31.2 Å². The van der Waals surface area contributed by atoms with Gasteiger partial charge in [0.2, 0.25) is 17.7 Å². The number of carbonyl (C=O) groups is 4. The second-order valence-electron chi connectivity index (χ2n) is 7.89. The highest BCUT2D eigenvalue weighted by Crippen LogP contribution is 2.10. The molecule has 3 amide bonds. The van der Waals surface area contributed by atoms with Crippen molar-refractivity contribution in [2.45, 2.75) is 57.7 Å². The Morgan fingerprint density at radius 1 is 1.16 bits per heavy atom. The molecule has 1 aromatic rings. The van der Waals surface area contributed by atoms with Crippen LogP contribution in [0.3, 0.4) is 0 Å². The van der Waals surface area contributed by atoms with Crippen molar-refractivity contribution in [2.24, 2.45) is 5.92 Å². The molecule has 9 nitrogen and oxygen atoms in total. The van der Waals surface area contributed by atoms with Crippen molar-refractivity contribution in [1.82, 2.24) is 21.3 Å². The zero-order valence-electron chi connectivity index (χ0n) is 18.0. The van der Waals surface area contributed by atoms with Crippen LogP contribution >= 0.6 is 0 Å². The molecule has 0 aliphatic carbocycles. The van der Waals surface area contributed by atoms with E-state index in [1.807, 2.05) is 13.0 Å². The van der Waals surface area contributed by atoms with E-state index in [0.29, 0.717) is 6.42 Å². The van der Waals surface area contributed by atoms with Crippen LogP contribution in [0.4, 0.5) is 0 Å². The first-order valence-electron chi connectivity index (χ1n) is 10.7. The molecule has 5 N–H and O–H groups in total. The van der Waals surface area contributed by atoms with Gasteiger partial charge in [-0.15, -0.1) is 0 Å². The van der Waals surface area contributed by atoms with Gasteiger partial charge in [0.25, 0.3) is 0 Å². The second-order valence-corrected chi connectivity index (χ2v) is 7.89. The number of nitrogens with one attached hydrogen (secondary N) is 4. The van der Waals surface area contributed by atoms with Gasteiger partial charge in [-0.25, -0.2) is 4.79 Å². The molecule has 1 saturated heterocycles. The summed E-state index contributed by atoms with van der Waals surface area (Å²) in [5.41, 5.74) is 0.780. The number of carboxylic acids is 1. The molecule has 0 aromatic heterocycles. The Kier molecular flexibility index (Phi) is 9.45. The van der Waals surface area contributed by atoms with Crippen LogP contribution in [-0.2, 0) is 25.6 Å². The highest BCUT2D eigenvalue weighted by molar-refractivity contribution is 5.92. The van der Waals surface area contributed by atoms with E-state index < -0.39 is 29.9 Å². The standard InChI is InChI=1S/C22H32N4O5/c1-3-14(2)19(26-18(27)13-24-20(28)16-10-7-11-23-16)21(29)25-17(22(30)31)12-15-8-5-4-6-9-15/h4-6,8-9,14,16-17,19,23H,3,7,10-13H2,1-2H3,(H,24,28)(H,25,29)(H,26,27)(H,30,31). The summed E-state index contributed by atoms with van der Waals surface area (Å²) in [7, 11) is 0. The Bertz CT molecular complexity index is 764. The minimum absolute atomic E-state index is 0.132. The van der Waals surface area contributed by atoms with Crippen LogP contribution < -0.4 is 21.3 Å². The van der Waals surface area contributed by atoms with E-state index in [9.17, 15) is 24.3 Å². The molecule has 1 fully saturated rings. The third-order valence-electron chi connectivity index (χ3n) is 5.51. The third kappa shape index (κ3) is 7.67. The number of carboxylic acid groups (broad SMARTS) is 1. The van der Waals surface area contributed by atoms with Crippen molar-refractivity contribution in [2.75, 3.05) is 13.1 Å². The molecular formula is C22H32N4O5. The predicted molar refractivity (Wildman–Crippen MR) is 115 cm³/mol. The molecule has 0 bridgehead atoms. The van der Waals surface area contributed by atoms with Gasteiger partial charge in [-0.05, 0) is 30.9 Å². The minimum Gasteiger partial charge on any atom is -0.480 e. The number of amides is 3. The first-order valence-corrected chi connectivity index (χ1v) is 10.7. The van der Waals surface area contributed by atoms with E-state index in [1.165, 1.54) is 0 Å².